The van der Waals surface area contributed by atoms with Crippen LogP contribution in [0, 0.1) is 5.92 Å². The number of hydrogen-bond donors (Lipinski definition) is 1. The normalized spacial score (nSPS) is 13.9. The minimum atomic E-state index is -1.75. The summed E-state index contributed by atoms with van der Waals surface area (Å²) in [5.41, 5.74) is -1.69. The van der Waals surface area contributed by atoms with Crippen molar-refractivity contribution >= 4 is 11.9 Å². The molecule has 1 N–H and O–H groups in total. The molecular formula is C13H22O5. The van der Waals surface area contributed by atoms with Crippen molar-refractivity contribution in [2.24, 2.45) is 5.92 Å². The van der Waals surface area contributed by atoms with Gasteiger partial charge in [-0.05, 0) is 19.8 Å². The van der Waals surface area contributed by atoms with Crippen LogP contribution in [-0.4, -0.2) is 35.9 Å². The molecule has 0 aromatic heterocycles. The van der Waals surface area contributed by atoms with Crippen LogP contribution < -0.4 is 0 Å². The van der Waals surface area contributed by atoms with E-state index in [4.69, 9.17) is 9.47 Å². The number of rotatable bonds is 7. The lowest BCUT2D eigenvalue weighted by atomic mass is 9.84. The van der Waals surface area contributed by atoms with Crippen molar-refractivity contribution in [2.45, 2.75) is 39.7 Å². The van der Waals surface area contributed by atoms with E-state index in [0.717, 1.165) is 0 Å². The molecule has 0 bridgehead atoms. The molecule has 0 saturated heterocycles. The van der Waals surface area contributed by atoms with Crippen molar-refractivity contribution in [2.75, 3.05) is 13.2 Å². The van der Waals surface area contributed by atoms with E-state index < -0.39 is 23.5 Å². The van der Waals surface area contributed by atoms with Crippen LogP contribution >= 0.6 is 0 Å². The lowest BCUT2D eigenvalue weighted by molar-refractivity contribution is -0.170. The summed E-state index contributed by atoms with van der Waals surface area (Å²) in [6.45, 7) is 10.6. The molecule has 5 heteroatoms. The van der Waals surface area contributed by atoms with Crippen molar-refractivity contribution in [1.29, 1.82) is 0 Å². The summed E-state index contributed by atoms with van der Waals surface area (Å²) >= 11 is 0. The first-order valence-corrected chi connectivity index (χ1v) is 6.04. The number of ether oxygens (including phenoxy) is 2. The van der Waals surface area contributed by atoms with Crippen LogP contribution in [0.15, 0.2) is 12.2 Å². The molecule has 5 nitrogen and oxygen atoms in total. The van der Waals surface area contributed by atoms with E-state index in [1.165, 1.54) is 0 Å². The fraction of sp³-hybridized carbons (Fsp3) is 0.692. The lowest BCUT2D eigenvalue weighted by Gasteiger charge is -2.29. The molecular weight excluding hydrogens is 236 g/mol. The van der Waals surface area contributed by atoms with Crippen LogP contribution in [0.2, 0.25) is 0 Å². The predicted molar refractivity (Wildman–Crippen MR) is 66.8 cm³/mol. The third-order valence-corrected chi connectivity index (χ3v) is 2.63. The summed E-state index contributed by atoms with van der Waals surface area (Å²) in [4.78, 5) is 23.2. The highest BCUT2D eigenvalue weighted by Crippen LogP contribution is 2.27. The molecule has 0 aromatic rings. The quantitative estimate of drug-likeness (QED) is 0.552. The van der Waals surface area contributed by atoms with Crippen molar-refractivity contribution in [3.8, 4) is 0 Å². The molecule has 0 aliphatic rings. The third-order valence-electron chi connectivity index (χ3n) is 2.63. The van der Waals surface area contributed by atoms with E-state index >= 15 is 0 Å². The minimum Gasteiger partial charge on any atom is -0.464 e. The Morgan fingerprint density at radius 1 is 1.22 bits per heavy atom. The zero-order chi connectivity index (χ0) is 14.3. The molecule has 1 atom stereocenters. The maximum Gasteiger partial charge on any atom is 0.338 e. The number of carbonyl (C=O) groups is 2. The summed E-state index contributed by atoms with van der Waals surface area (Å²) in [7, 11) is 0. The van der Waals surface area contributed by atoms with E-state index in [9.17, 15) is 14.7 Å². The Labute approximate surface area is 108 Å². The third kappa shape index (κ3) is 4.14. The Kier molecular flexibility index (Phi) is 6.62. The SMILES string of the molecule is C=C(CC(O)(C(=O)OCC)C(C)C)C(=O)OCC. The summed E-state index contributed by atoms with van der Waals surface area (Å²) in [5.74, 6) is -1.76. The van der Waals surface area contributed by atoms with Crippen LogP contribution in [0.3, 0.4) is 0 Å². The van der Waals surface area contributed by atoms with Crippen molar-refractivity contribution in [3.63, 3.8) is 0 Å². The molecule has 0 saturated carbocycles. The van der Waals surface area contributed by atoms with E-state index in [-0.39, 0.29) is 25.2 Å². The number of hydrogen-bond acceptors (Lipinski definition) is 5. The van der Waals surface area contributed by atoms with Crippen molar-refractivity contribution in [1.82, 2.24) is 0 Å². The Morgan fingerprint density at radius 2 is 1.72 bits per heavy atom. The van der Waals surface area contributed by atoms with Crippen molar-refractivity contribution < 1.29 is 24.2 Å². The average molecular weight is 258 g/mol. The van der Waals surface area contributed by atoms with Gasteiger partial charge >= 0.3 is 11.9 Å². The van der Waals surface area contributed by atoms with Gasteiger partial charge in [0.2, 0.25) is 0 Å². The average Bonchev–Trinajstić information content (AvgIpc) is 2.29. The van der Waals surface area contributed by atoms with Gasteiger partial charge in [0.25, 0.3) is 0 Å². The second kappa shape index (κ2) is 7.16. The van der Waals surface area contributed by atoms with Gasteiger partial charge in [-0.15, -0.1) is 0 Å². The van der Waals surface area contributed by atoms with Gasteiger partial charge in [0.05, 0.1) is 13.2 Å². The van der Waals surface area contributed by atoms with Crippen molar-refractivity contribution in [3.05, 3.63) is 12.2 Å². The van der Waals surface area contributed by atoms with Gasteiger partial charge < -0.3 is 14.6 Å². The largest absolute Gasteiger partial charge is 0.464 e. The standard InChI is InChI=1S/C13H22O5/c1-6-17-11(14)10(5)8-13(16,9(3)4)12(15)18-7-2/h9,16H,5-8H2,1-4H3. The van der Waals surface area contributed by atoms with Gasteiger partial charge in [-0.1, -0.05) is 20.4 Å². The summed E-state index contributed by atoms with van der Waals surface area (Å²) in [5, 5.41) is 10.3. The summed E-state index contributed by atoms with van der Waals surface area (Å²) in [6.07, 6.45) is -0.192. The van der Waals surface area contributed by atoms with Crippen LogP contribution in [0.4, 0.5) is 0 Å². The number of carbonyl (C=O) groups excluding carboxylic acids is 2. The Morgan fingerprint density at radius 3 is 2.11 bits per heavy atom. The molecule has 1 unspecified atom stereocenters. The summed E-state index contributed by atoms with van der Waals surface area (Å²) < 4.78 is 9.59. The highest BCUT2D eigenvalue weighted by Gasteiger charge is 2.42. The van der Waals surface area contributed by atoms with Gasteiger partial charge in [0.15, 0.2) is 5.60 Å². The predicted octanol–water partition coefficient (Wildman–Crippen LogP) is 1.45. The minimum absolute atomic E-state index is 0.0566. The summed E-state index contributed by atoms with van der Waals surface area (Å²) in [6, 6.07) is 0. The van der Waals surface area contributed by atoms with Crippen LogP contribution in [0.25, 0.3) is 0 Å². The van der Waals surface area contributed by atoms with E-state index in [1.807, 2.05) is 0 Å². The van der Waals surface area contributed by atoms with Crippen LogP contribution in [0.1, 0.15) is 34.1 Å². The topological polar surface area (TPSA) is 72.8 Å². The zero-order valence-corrected chi connectivity index (χ0v) is 11.5. The molecule has 0 radical (unpaired) electrons. The van der Waals surface area contributed by atoms with Gasteiger partial charge in [-0.3, -0.25) is 0 Å². The number of esters is 2. The Bertz CT molecular complexity index is 321. The second-order valence-corrected chi connectivity index (χ2v) is 4.30. The van der Waals surface area contributed by atoms with E-state index in [1.54, 1.807) is 27.7 Å². The fourth-order valence-electron chi connectivity index (χ4n) is 1.40. The molecule has 0 amide bonds. The fourth-order valence-corrected chi connectivity index (χ4v) is 1.40. The van der Waals surface area contributed by atoms with Gasteiger partial charge in [0.1, 0.15) is 0 Å². The molecule has 0 heterocycles. The molecule has 0 aliphatic carbocycles. The highest BCUT2D eigenvalue weighted by molar-refractivity contribution is 5.90. The molecule has 104 valence electrons. The maximum atomic E-state index is 11.8. The molecule has 0 fully saturated rings. The maximum absolute atomic E-state index is 11.8. The smallest absolute Gasteiger partial charge is 0.338 e. The lowest BCUT2D eigenvalue weighted by Crippen LogP contribution is -2.46. The van der Waals surface area contributed by atoms with Gasteiger partial charge in [0, 0.05) is 12.0 Å². The van der Waals surface area contributed by atoms with Gasteiger partial charge in [-0.25, -0.2) is 9.59 Å². The first kappa shape index (κ1) is 16.6. The first-order valence-electron chi connectivity index (χ1n) is 6.04. The molecule has 0 rings (SSSR count). The second-order valence-electron chi connectivity index (χ2n) is 4.30. The number of aliphatic hydroxyl groups is 1. The first-order chi connectivity index (χ1) is 8.29. The Balaban J connectivity index is 4.87. The molecule has 0 spiro atoms. The Hall–Kier alpha value is -1.36. The zero-order valence-electron chi connectivity index (χ0n) is 11.5. The van der Waals surface area contributed by atoms with E-state index in [0.29, 0.717) is 0 Å². The van der Waals surface area contributed by atoms with Crippen LogP contribution in [0.5, 0.6) is 0 Å². The molecule has 0 aliphatic heterocycles. The van der Waals surface area contributed by atoms with Gasteiger partial charge in [-0.2, -0.15) is 0 Å². The molecule has 18 heavy (non-hydrogen) atoms. The molecule has 0 aromatic carbocycles. The van der Waals surface area contributed by atoms with Crippen LogP contribution in [-0.2, 0) is 19.1 Å². The van der Waals surface area contributed by atoms with E-state index in [2.05, 4.69) is 6.58 Å². The monoisotopic (exact) mass is 258 g/mol. The highest BCUT2D eigenvalue weighted by atomic mass is 16.6.